The second kappa shape index (κ2) is 10.7. The van der Waals surface area contributed by atoms with Crippen LogP contribution in [0.1, 0.15) is 0 Å². The maximum atomic E-state index is 6.65. The van der Waals surface area contributed by atoms with Crippen LogP contribution >= 0.6 is 11.3 Å². The number of hydrogen-bond donors (Lipinski definition) is 0. The second-order valence-corrected chi connectivity index (χ2v) is 12.9. The lowest BCUT2D eigenvalue weighted by molar-refractivity contribution is 0.621. The van der Waals surface area contributed by atoms with Crippen molar-refractivity contribution in [3.05, 3.63) is 146 Å². The quantitative estimate of drug-likeness (QED) is 0.181. The predicted molar refractivity (Wildman–Crippen MR) is 197 cm³/mol. The molecule has 0 fully saturated rings. The van der Waals surface area contributed by atoms with E-state index in [0.717, 1.165) is 48.6 Å². The van der Waals surface area contributed by atoms with Gasteiger partial charge >= 0.3 is 0 Å². The van der Waals surface area contributed by atoms with Crippen LogP contribution in [-0.4, -0.2) is 19.9 Å². The molecule has 48 heavy (non-hydrogen) atoms. The first-order chi connectivity index (χ1) is 23.8. The van der Waals surface area contributed by atoms with Crippen LogP contribution in [0.4, 0.5) is 0 Å². The summed E-state index contributed by atoms with van der Waals surface area (Å²) in [5.74, 6) is 2.31. The van der Waals surface area contributed by atoms with Gasteiger partial charge in [0.2, 0.25) is 5.89 Å². The van der Waals surface area contributed by atoms with Crippen LogP contribution in [0, 0.1) is 0 Å². The summed E-state index contributed by atoms with van der Waals surface area (Å²) < 4.78 is 8.94. The fourth-order valence-electron chi connectivity index (χ4n) is 6.67. The van der Waals surface area contributed by atoms with E-state index in [1.54, 1.807) is 11.3 Å². The van der Waals surface area contributed by atoms with Gasteiger partial charge in [0.25, 0.3) is 0 Å². The smallest absolute Gasteiger partial charge is 0.227 e. The third-order valence-electron chi connectivity index (χ3n) is 8.94. The van der Waals surface area contributed by atoms with E-state index in [-0.39, 0.29) is 0 Å². The summed E-state index contributed by atoms with van der Waals surface area (Å²) in [4.78, 5) is 20.4. The van der Waals surface area contributed by atoms with E-state index < -0.39 is 0 Å². The fourth-order valence-corrected chi connectivity index (χ4v) is 7.82. The summed E-state index contributed by atoms with van der Waals surface area (Å²) in [6.07, 6.45) is 0. The van der Waals surface area contributed by atoms with Gasteiger partial charge < -0.3 is 4.42 Å². The zero-order valence-electron chi connectivity index (χ0n) is 25.5. The van der Waals surface area contributed by atoms with E-state index in [4.69, 9.17) is 24.4 Å². The Morgan fingerprint density at radius 2 is 1.08 bits per heavy atom. The summed E-state index contributed by atoms with van der Waals surface area (Å²) in [6, 6.07) is 50.0. The molecule has 0 saturated carbocycles. The molecule has 3 aromatic heterocycles. The molecular formula is C42H24N4OS. The van der Waals surface area contributed by atoms with E-state index in [1.165, 1.54) is 20.9 Å². The molecule has 0 amide bonds. The Morgan fingerprint density at radius 3 is 1.92 bits per heavy atom. The predicted octanol–water partition coefficient (Wildman–Crippen LogP) is 11.4. The Hall–Kier alpha value is -6.24. The lowest BCUT2D eigenvalue weighted by Gasteiger charge is -2.11. The standard InChI is InChI=1S/C42H24N4OS/c1-3-12-26(13-4-1)39-44-40(29-21-22-31-28(23-29)20-19-25-11-7-8-16-30(25)31)46-41(45-39)37-36-32-17-9-10-18-34(32)48-35(36)24-33-38(37)47-42(43-33)27-14-5-2-6-15-27/h1-24H. The first-order valence-corrected chi connectivity index (χ1v) is 16.6. The Labute approximate surface area is 278 Å². The minimum Gasteiger partial charge on any atom is -0.435 e. The Morgan fingerprint density at radius 1 is 0.438 bits per heavy atom. The van der Waals surface area contributed by atoms with Crippen LogP contribution in [-0.2, 0) is 0 Å². The van der Waals surface area contributed by atoms with Gasteiger partial charge in [0.15, 0.2) is 23.1 Å². The summed E-state index contributed by atoms with van der Waals surface area (Å²) in [7, 11) is 0. The SMILES string of the molecule is c1ccc(-c2nc(-c3ccc4c(ccc5ccccc54)c3)nc(-c3c4oc(-c5ccccc5)nc4cc4sc5ccccc5c34)n2)cc1. The van der Waals surface area contributed by atoms with Crippen molar-refractivity contribution in [3.8, 4) is 45.6 Å². The average Bonchev–Trinajstić information content (AvgIpc) is 3.75. The van der Waals surface area contributed by atoms with E-state index in [2.05, 4.69) is 84.9 Å². The highest BCUT2D eigenvalue weighted by molar-refractivity contribution is 7.26. The van der Waals surface area contributed by atoms with Crippen LogP contribution in [0.3, 0.4) is 0 Å². The topological polar surface area (TPSA) is 64.7 Å². The Kier molecular flexibility index (Phi) is 5.98. The minimum atomic E-state index is 0.548. The van der Waals surface area contributed by atoms with Crippen molar-refractivity contribution < 1.29 is 4.42 Å². The van der Waals surface area contributed by atoms with Gasteiger partial charge in [-0.25, -0.2) is 19.9 Å². The van der Waals surface area contributed by atoms with Crippen molar-refractivity contribution in [2.24, 2.45) is 0 Å². The summed E-state index contributed by atoms with van der Waals surface area (Å²) in [5, 5.41) is 6.95. The molecule has 0 radical (unpaired) electrons. The average molecular weight is 633 g/mol. The van der Waals surface area contributed by atoms with Gasteiger partial charge in [-0.3, -0.25) is 0 Å². The highest BCUT2D eigenvalue weighted by Crippen LogP contribution is 2.45. The molecule has 10 aromatic rings. The van der Waals surface area contributed by atoms with Crippen molar-refractivity contribution in [1.82, 2.24) is 19.9 Å². The maximum Gasteiger partial charge on any atom is 0.227 e. The number of hydrogen-bond acceptors (Lipinski definition) is 6. The van der Waals surface area contributed by atoms with Crippen molar-refractivity contribution in [1.29, 1.82) is 0 Å². The molecule has 0 N–H and O–H groups in total. The van der Waals surface area contributed by atoms with Crippen molar-refractivity contribution >= 4 is 64.2 Å². The molecule has 0 atom stereocenters. The number of fused-ring (bicyclic) bond motifs is 7. The third-order valence-corrected chi connectivity index (χ3v) is 10.1. The number of aromatic nitrogens is 4. The van der Waals surface area contributed by atoms with E-state index >= 15 is 0 Å². The summed E-state index contributed by atoms with van der Waals surface area (Å²) in [5.41, 5.74) is 4.99. The van der Waals surface area contributed by atoms with Gasteiger partial charge in [0.05, 0.1) is 5.56 Å². The number of rotatable bonds is 4. The molecule has 0 unspecified atom stereocenters. The second-order valence-electron chi connectivity index (χ2n) is 11.9. The van der Waals surface area contributed by atoms with Gasteiger partial charge in [0, 0.05) is 36.9 Å². The molecule has 0 aliphatic carbocycles. The third kappa shape index (κ3) is 4.31. The normalized spacial score (nSPS) is 11.8. The van der Waals surface area contributed by atoms with Crippen LogP contribution in [0.25, 0.3) is 98.4 Å². The zero-order chi connectivity index (χ0) is 31.6. The van der Waals surface area contributed by atoms with Gasteiger partial charge in [-0.2, -0.15) is 0 Å². The molecule has 0 saturated heterocycles. The maximum absolute atomic E-state index is 6.65. The molecule has 3 heterocycles. The van der Waals surface area contributed by atoms with Crippen LogP contribution in [0.5, 0.6) is 0 Å². The molecular weight excluding hydrogens is 609 g/mol. The van der Waals surface area contributed by atoms with Crippen molar-refractivity contribution in [2.75, 3.05) is 0 Å². The lowest BCUT2D eigenvalue weighted by Crippen LogP contribution is -2.00. The molecule has 0 aliphatic heterocycles. The van der Waals surface area contributed by atoms with Gasteiger partial charge in [0.1, 0.15) is 5.52 Å². The first kappa shape index (κ1) is 26.9. The van der Waals surface area contributed by atoms with E-state index in [0.29, 0.717) is 28.9 Å². The largest absolute Gasteiger partial charge is 0.435 e. The van der Waals surface area contributed by atoms with Gasteiger partial charge in [-0.05, 0) is 51.9 Å². The lowest BCUT2D eigenvalue weighted by atomic mass is 10.00. The van der Waals surface area contributed by atoms with E-state index in [1.807, 2.05) is 60.7 Å². The highest BCUT2D eigenvalue weighted by atomic mass is 32.1. The summed E-state index contributed by atoms with van der Waals surface area (Å²) in [6.45, 7) is 0. The molecule has 7 aromatic carbocycles. The molecule has 0 aliphatic rings. The van der Waals surface area contributed by atoms with Gasteiger partial charge in [-0.1, -0.05) is 115 Å². The summed E-state index contributed by atoms with van der Waals surface area (Å²) >= 11 is 1.74. The van der Waals surface area contributed by atoms with Gasteiger partial charge in [-0.15, -0.1) is 11.3 Å². The van der Waals surface area contributed by atoms with Crippen LogP contribution in [0.15, 0.2) is 150 Å². The van der Waals surface area contributed by atoms with E-state index in [9.17, 15) is 0 Å². The molecule has 0 bridgehead atoms. The number of nitrogens with zero attached hydrogens (tertiary/aromatic N) is 4. The molecule has 224 valence electrons. The van der Waals surface area contributed by atoms with Crippen molar-refractivity contribution in [3.63, 3.8) is 0 Å². The number of thiophene rings is 1. The number of benzene rings is 7. The molecule has 0 spiro atoms. The first-order valence-electron chi connectivity index (χ1n) is 15.8. The molecule has 10 rings (SSSR count). The monoisotopic (exact) mass is 632 g/mol. The van der Waals surface area contributed by atoms with Crippen molar-refractivity contribution in [2.45, 2.75) is 0 Å². The molecule has 5 nitrogen and oxygen atoms in total. The Balaban J connectivity index is 1.28. The van der Waals surface area contributed by atoms with Crippen LogP contribution < -0.4 is 0 Å². The Bertz CT molecular complexity index is 2840. The minimum absolute atomic E-state index is 0.548. The highest BCUT2D eigenvalue weighted by Gasteiger charge is 2.24. The van der Waals surface area contributed by atoms with Crippen LogP contribution in [0.2, 0.25) is 0 Å². The fraction of sp³-hybridized carbons (Fsp3) is 0. The molecule has 6 heteroatoms. The zero-order valence-corrected chi connectivity index (χ0v) is 26.3. The number of oxazole rings is 1.